The number of hydrogen-bond acceptors (Lipinski definition) is 5. The van der Waals surface area contributed by atoms with Crippen LogP contribution in [0.15, 0.2) is 58.6 Å². The van der Waals surface area contributed by atoms with E-state index in [-0.39, 0.29) is 17.4 Å². The molecule has 1 fully saturated rings. The number of nitrogens with zero attached hydrogens (tertiary/aromatic N) is 2. The second-order valence-corrected chi connectivity index (χ2v) is 9.31. The molecule has 1 aliphatic rings. The Bertz CT molecular complexity index is 998. The van der Waals surface area contributed by atoms with Gasteiger partial charge in [-0.3, -0.25) is 9.59 Å². The summed E-state index contributed by atoms with van der Waals surface area (Å²) in [6.45, 7) is 5.09. The van der Waals surface area contributed by atoms with Crippen LogP contribution < -0.4 is 4.74 Å². The smallest absolute Gasteiger partial charge is 0.295 e. The van der Waals surface area contributed by atoms with E-state index in [2.05, 4.69) is 15.9 Å². The van der Waals surface area contributed by atoms with Gasteiger partial charge < -0.3 is 19.6 Å². The first-order chi connectivity index (χ1) is 15.2. The highest BCUT2D eigenvalue weighted by Crippen LogP contribution is 2.40. The highest BCUT2D eigenvalue weighted by atomic mass is 79.9. The minimum absolute atomic E-state index is 0.0370. The van der Waals surface area contributed by atoms with Crippen LogP contribution in [0.3, 0.4) is 0 Å². The summed E-state index contributed by atoms with van der Waals surface area (Å²) in [5.41, 5.74) is 1.35. The minimum atomic E-state index is -0.664. The third kappa shape index (κ3) is 5.40. The molecule has 3 rings (SSSR count). The number of Topliss-reactive ketones (excluding diaryl/α,β-unsaturated/α-hetero) is 1. The van der Waals surface area contributed by atoms with Crippen molar-refractivity contribution < 1.29 is 19.4 Å². The van der Waals surface area contributed by atoms with Crippen LogP contribution in [0.4, 0.5) is 0 Å². The largest absolute Gasteiger partial charge is 0.507 e. The fourth-order valence-electron chi connectivity index (χ4n) is 3.78. The van der Waals surface area contributed by atoms with Crippen LogP contribution in [0.2, 0.25) is 0 Å². The van der Waals surface area contributed by atoms with E-state index in [1.165, 1.54) is 0 Å². The molecule has 32 heavy (non-hydrogen) atoms. The molecule has 0 bridgehead atoms. The molecule has 1 amide bonds. The summed E-state index contributed by atoms with van der Waals surface area (Å²) in [7, 11) is 3.93. The second-order valence-electron chi connectivity index (χ2n) is 8.39. The van der Waals surface area contributed by atoms with Crippen LogP contribution in [-0.4, -0.2) is 59.9 Å². The molecule has 1 aliphatic heterocycles. The number of carbonyl (C=O) groups excluding carboxylic acids is 2. The van der Waals surface area contributed by atoms with Gasteiger partial charge in [-0.15, -0.1) is 0 Å². The maximum absolute atomic E-state index is 13.0. The number of aliphatic hydroxyl groups excluding tert-OH is 1. The van der Waals surface area contributed by atoms with Crippen molar-refractivity contribution in [2.75, 3.05) is 27.2 Å². The van der Waals surface area contributed by atoms with Crippen LogP contribution in [-0.2, 0) is 9.59 Å². The first kappa shape index (κ1) is 24.0. The third-order valence-corrected chi connectivity index (χ3v) is 5.76. The van der Waals surface area contributed by atoms with Crippen LogP contribution in [0.25, 0.3) is 5.76 Å². The monoisotopic (exact) mass is 500 g/mol. The minimum Gasteiger partial charge on any atom is -0.507 e. The molecule has 0 unspecified atom stereocenters. The lowest BCUT2D eigenvalue weighted by atomic mass is 9.95. The molecule has 6 nitrogen and oxygen atoms in total. The van der Waals surface area contributed by atoms with Gasteiger partial charge in [0.15, 0.2) is 0 Å². The summed E-state index contributed by atoms with van der Waals surface area (Å²) in [6, 6.07) is 13.7. The molecule has 1 heterocycles. The molecule has 0 aromatic heterocycles. The van der Waals surface area contributed by atoms with Crippen molar-refractivity contribution in [1.82, 2.24) is 9.80 Å². The lowest BCUT2D eigenvalue weighted by Crippen LogP contribution is -2.32. The van der Waals surface area contributed by atoms with Gasteiger partial charge in [-0.25, -0.2) is 0 Å². The van der Waals surface area contributed by atoms with Gasteiger partial charge in [0.25, 0.3) is 11.7 Å². The number of hydrogen-bond donors (Lipinski definition) is 1. The Balaban J connectivity index is 2.05. The first-order valence-electron chi connectivity index (χ1n) is 10.6. The standard InChI is InChI=1S/C25H29BrN2O4/c1-16(2)32-20-12-8-17(9-13-20)22-21(23(29)18-6-10-19(26)11-7-18)24(30)25(31)28(22)15-5-14-27(3)4/h6-13,16,22,29H,5,14-15H2,1-4H3/t22-/m0/s1. The van der Waals surface area contributed by atoms with Crippen molar-refractivity contribution in [3.05, 3.63) is 69.7 Å². The third-order valence-electron chi connectivity index (χ3n) is 5.23. The van der Waals surface area contributed by atoms with Gasteiger partial charge in [0.1, 0.15) is 11.5 Å². The summed E-state index contributed by atoms with van der Waals surface area (Å²) < 4.78 is 6.59. The zero-order valence-electron chi connectivity index (χ0n) is 18.8. The zero-order chi connectivity index (χ0) is 23.4. The summed E-state index contributed by atoms with van der Waals surface area (Å²) >= 11 is 3.38. The van der Waals surface area contributed by atoms with E-state index >= 15 is 0 Å². The van der Waals surface area contributed by atoms with Crippen LogP contribution in [0.5, 0.6) is 5.75 Å². The van der Waals surface area contributed by atoms with Gasteiger partial charge in [0, 0.05) is 16.6 Å². The van der Waals surface area contributed by atoms with E-state index in [0.717, 1.165) is 16.6 Å². The number of carbonyl (C=O) groups is 2. The van der Waals surface area contributed by atoms with Crippen molar-refractivity contribution >= 4 is 33.4 Å². The molecule has 0 spiro atoms. The van der Waals surface area contributed by atoms with Crippen molar-refractivity contribution in [1.29, 1.82) is 0 Å². The predicted octanol–water partition coefficient (Wildman–Crippen LogP) is 4.61. The molecular weight excluding hydrogens is 472 g/mol. The Labute approximate surface area is 197 Å². The molecule has 2 aromatic rings. The van der Waals surface area contributed by atoms with Crippen molar-refractivity contribution in [2.45, 2.75) is 32.4 Å². The number of halogens is 1. The fourth-order valence-corrected chi connectivity index (χ4v) is 4.04. The van der Waals surface area contributed by atoms with E-state index in [1.807, 2.05) is 57.1 Å². The van der Waals surface area contributed by atoms with Gasteiger partial charge in [0.2, 0.25) is 0 Å². The number of rotatable bonds is 8. The molecule has 170 valence electrons. The van der Waals surface area contributed by atoms with Gasteiger partial charge in [-0.05, 0) is 70.7 Å². The van der Waals surface area contributed by atoms with E-state index in [4.69, 9.17) is 4.74 Å². The average molecular weight is 501 g/mol. The number of benzene rings is 2. The Morgan fingerprint density at radius 1 is 1.09 bits per heavy atom. The maximum Gasteiger partial charge on any atom is 0.295 e. The van der Waals surface area contributed by atoms with E-state index < -0.39 is 17.7 Å². The highest BCUT2D eigenvalue weighted by Gasteiger charge is 2.45. The fraction of sp³-hybridized carbons (Fsp3) is 0.360. The van der Waals surface area contributed by atoms with Gasteiger partial charge >= 0.3 is 0 Å². The Kier molecular flexibility index (Phi) is 7.74. The molecule has 2 aromatic carbocycles. The van der Waals surface area contributed by atoms with Gasteiger partial charge in [-0.1, -0.05) is 40.2 Å². The Hall–Kier alpha value is -2.64. The molecule has 0 aliphatic carbocycles. The van der Waals surface area contributed by atoms with Crippen LogP contribution >= 0.6 is 15.9 Å². The zero-order valence-corrected chi connectivity index (χ0v) is 20.4. The van der Waals surface area contributed by atoms with Crippen molar-refractivity contribution in [3.63, 3.8) is 0 Å². The normalized spacial score (nSPS) is 18.1. The Morgan fingerprint density at radius 3 is 2.28 bits per heavy atom. The second kappa shape index (κ2) is 10.3. The predicted molar refractivity (Wildman–Crippen MR) is 129 cm³/mol. The molecular formula is C25H29BrN2O4. The van der Waals surface area contributed by atoms with Gasteiger partial charge in [-0.2, -0.15) is 0 Å². The Morgan fingerprint density at radius 2 is 1.72 bits per heavy atom. The summed E-state index contributed by atoms with van der Waals surface area (Å²) in [5, 5.41) is 11.1. The molecule has 0 radical (unpaired) electrons. The molecule has 1 saturated heterocycles. The molecule has 1 atom stereocenters. The first-order valence-corrected chi connectivity index (χ1v) is 11.4. The molecule has 1 N–H and O–H groups in total. The molecule has 7 heteroatoms. The summed E-state index contributed by atoms with van der Waals surface area (Å²) in [5.74, 6) is -0.711. The number of ketones is 1. The van der Waals surface area contributed by atoms with Gasteiger partial charge in [0.05, 0.1) is 17.7 Å². The lowest BCUT2D eigenvalue weighted by molar-refractivity contribution is -0.139. The number of ether oxygens (including phenoxy) is 1. The highest BCUT2D eigenvalue weighted by molar-refractivity contribution is 9.10. The van der Waals surface area contributed by atoms with E-state index in [0.29, 0.717) is 24.3 Å². The topological polar surface area (TPSA) is 70.1 Å². The maximum atomic E-state index is 13.0. The number of amides is 1. The lowest BCUT2D eigenvalue weighted by Gasteiger charge is -2.26. The summed E-state index contributed by atoms with van der Waals surface area (Å²) in [6.07, 6.45) is 0.749. The van der Waals surface area contributed by atoms with E-state index in [1.54, 1.807) is 29.2 Å². The average Bonchev–Trinajstić information content (AvgIpc) is 2.99. The van der Waals surface area contributed by atoms with E-state index in [9.17, 15) is 14.7 Å². The van der Waals surface area contributed by atoms with Crippen molar-refractivity contribution in [3.8, 4) is 5.75 Å². The molecule has 0 saturated carbocycles. The quantitative estimate of drug-likeness (QED) is 0.325. The SMILES string of the molecule is CC(C)Oc1ccc([C@H]2C(=C(O)c3ccc(Br)cc3)C(=O)C(=O)N2CCCN(C)C)cc1. The van der Waals surface area contributed by atoms with Crippen LogP contribution in [0.1, 0.15) is 37.4 Å². The number of aliphatic hydroxyl groups is 1. The number of likely N-dealkylation sites (tertiary alicyclic amines) is 1. The van der Waals surface area contributed by atoms with Crippen molar-refractivity contribution in [2.24, 2.45) is 0 Å². The van der Waals surface area contributed by atoms with Crippen LogP contribution in [0, 0.1) is 0 Å². The summed E-state index contributed by atoms with van der Waals surface area (Å²) in [4.78, 5) is 29.6.